The number of anilines is 1. The fourth-order valence-corrected chi connectivity index (χ4v) is 2.83. The van der Waals surface area contributed by atoms with Gasteiger partial charge in [0.1, 0.15) is 6.54 Å². The highest BCUT2D eigenvalue weighted by Crippen LogP contribution is 2.12. The predicted octanol–water partition coefficient (Wildman–Crippen LogP) is 3.02. The highest BCUT2D eigenvalue weighted by molar-refractivity contribution is 6.04. The van der Waals surface area contributed by atoms with Gasteiger partial charge >= 0.3 is 5.97 Å². The van der Waals surface area contributed by atoms with Crippen molar-refractivity contribution in [3.63, 3.8) is 0 Å². The van der Waals surface area contributed by atoms with Crippen LogP contribution in [0, 0.1) is 0 Å². The van der Waals surface area contributed by atoms with Crippen LogP contribution in [0.15, 0.2) is 84.9 Å². The maximum Gasteiger partial charge on any atom is 0.325 e. The zero-order valence-corrected chi connectivity index (χ0v) is 17.2. The Morgan fingerprint density at radius 3 is 2.00 bits per heavy atom. The monoisotopic (exact) mass is 430 g/mol. The van der Waals surface area contributed by atoms with E-state index in [0.29, 0.717) is 16.8 Å². The van der Waals surface area contributed by atoms with Crippen LogP contribution >= 0.6 is 0 Å². The summed E-state index contributed by atoms with van der Waals surface area (Å²) in [5, 5.41) is 5.21. The molecule has 0 aliphatic carbocycles. The van der Waals surface area contributed by atoms with Gasteiger partial charge in [0.2, 0.25) is 5.91 Å². The van der Waals surface area contributed by atoms with Gasteiger partial charge in [-0.05, 0) is 42.0 Å². The van der Waals surface area contributed by atoms with Gasteiger partial charge < -0.3 is 15.4 Å². The normalized spacial score (nSPS) is 10.1. The van der Waals surface area contributed by atoms with E-state index in [2.05, 4.69) is 10.6 Å². The van der Waals surface area contributed by atoms with E-state index in [9.17, 15) is 19.2 Å². The molecule has 0 atom stereocenters. The topological polar surface area (TPSA) is 102 Å². The van der Waals surface area contributed by atoms with E-state index >= 15 is 0 Å². The molecule has 7 nitrogen and oxygen atoms in total. The molecule has 0 spiro atoms. The molecule has 32 heavy (non-hydrogen) atoms. The average Bonchev–Trinajstić information content (AvgIpc) is 2.83. The Kier molecular flexibility index (Phi) is 7.86. The van der Waals surface area contributed by atoms with E-state index < -0.39 is 18.4 Å². The molecule has 0 bridgehead atoms. The molecule has 0 radical (unpaired) electrons. The summed E-state index contributed by atoms with van der Waals surface area (Å²) in [7, 11) is 0. The minimum Gasteiger partial charge on any atom is -0.456 e. The van der Waals surface area contributed by atoms with Crippen molar-refractivity contribution in [1.29, 1.82) is 0 Å². The van der Waals surface area contributed by atoms with Crippen LogP contribution in [0.5, 0.6) is 0 Å². The first-order valence-corrected chi connectivity index (χ1v) is 9.97. The number of nitrogens with one attached hydrogen (secondary N) is 2. The van der Waals surface area contributed by atoms with Gasteiger partial charge in [0.15, 0.2) is 12.4 Å². The van der Waals surface area contributed by atoms with Crippen molar-refractivity contribution in [2.24, 2.45) is 0 Å². The molecule has 3 aromatic carbocycles. The van der Waals surface area contributed by atoms with Gasteiger partial charge in [-0.1, -0.05) is 48.5 Å². The van der Waals surface area contributed by atoms with E-state index in [4.69, 9.17) is 4.74 Å². The summed E-state index contributed by atoms with van der Waals surface area (Å²) in [6.07, 6.45) is 0.153. The van der Waals surface area contributed by atoms with Crippen molar-refractivity contribution in [2.45, 2.75) is 6.42 Å². The van der Waals surface area contributed by atoms with Gasteiger partial charge in [-0.25, -0.2) is 0 Å². The summed E-state index contributed by atoms with van der Waals surface area (Å²) in [6.45, 7) is -0.757. The lowest BCUT2D eigenvalue weighted by Gasteiger charge is -2.08. The number of ether oxygens (including phenoxy) is 1. The van der Waals surface area contributed by atoms with Gasteiger partial charge in [-0.2, -0.15) is 0 Å². The highest BCUT2D eigenvalue weighted by Gasteiger charge is 2.12. The Morgan fingerprint density at radius 2 is 1.34 bits per heavy atom. The lowest BCUT2D eigenvalue weighted by atomic mass is 10.1. The van der Waals surface area contributed by atoms with Crippen molar-refractivity contribution >= 4 is 29.3 Å². The molecule has 162 valence electrons. The molecule has 0 aliphatic rings. The van der Waals surface area contributed by atoms with Crippen LogP contribution in [0.1, 0.15) is 26.3 Å². The molecular weight excluding hydrogens is 408 g/mol. The van der Waals surface area contributed by atoms with Crippen LogP contribution in [0.2, 0.25) is 0 Å². The number of benzene rings is 3. The second kappa shape index (κ2) is 11.2. The molecule has 7 heteroatoms. The smallest absolute Gasteiger partial charge is 0.325 e. The number of hydrogen-bond donors (Lipinski definition) is 2. The molecule has 0 saturated heterocycles. The van der Waals surface area contributed by atoms with Crippen molar-refractivity contribution in [3.8, 4) is 0 Å². The first-order valence-electron chi connectivity index (χ1n) is 9.97. The number of carbonyl (C=O) groups is 4. The zero-order chi connectivity index (χ0) is 22.8. The number of carbonyl (C=O) groups excluding carboxylic acids is 4. The Labute approximate surface area is 185 Å². The summed E-state index contributed by atoms with van der Waals surface area (Å²) in [6, 6.07) is 24.2. The fourth-order valence-electron chi connectivity index (χ4n) is 2.83. The van der Waals surface area contributed by atoms with Crippen LogP contribution in [0.3, 0.4) is 0 Å². The molecule has 2 amide bonds. The van der Waals surface area contributed by atoms with Gasteiger partial charge in [0, 0.05) is 16.8 Å². The molecular formula is C25H22N2O5. The van der Waals surface area contributed by atoms with Crippen molar-refractivity contribution in [1.82, 2.24) is 5.32 Å². The first-order chi connectivity index (χ1) is 15.5. The Morgan fingerprint density at radius 1 is 0.719 bits per heavy atom. The lowest BCUT2D eigenvalue weighted by Crippen LogP contribution is -2.32. The van der Waals surface area contributed by atoms with E-state index in [1.165, 1.54) is 0 Å². The minimum absolute atomic E-state index is 0.153. The Balaban J connectivity index is 1.41. The second-order valence-electron chi connectivity index (χ2n) is 6.92. The standard InChI is InChI=1S/C25H22N2O5/c28-22(17-32-24(30)16-26-23(29)15-18-7-3-1-4-8-18)19-11-13-21(14-12-19)27-25(31)20-9-5-2-6-10-20/h1-14H,15-17H2,(H,26,29)(H,27,31). The lowest BCUT2D eigenvalue weighted by molar-refractivity contribution is -0.142. The average molecular weight is 430 g/mol. The Bertz CT molecular complexity index is 1080. The third kappa shape index (κ3) is 6.91. The maximum atomic E-state index is 12.2. The molecule has 3 aromatic rings. The molecule has 0 unspecified atom stereocenters. The summed E-state index contributed by atoms with van der Waals surface area (Å²) in [4.78, 5) is 48.1. The summed E-state index contributed by atoms with van der Waals surface area (Å²) in [5.41, 5.74) is 2.23. The third-order valence-corrected chi connectivity index (χ3v) is 4.50. The fraction of sp³-hybridized carbons (Fsp3) is 0.120. The SMILES string of the molecule is O=C(Cc1ccccc1)NCC(=O)OCC(=O)c1ccc(NC(=O)c2ccccc2)cc1. The van der Waals surface area contributed by atoms with Crippen LogP contribution < -0.4 is 10.6 Å². The Hall–Kier alpha value is -4.26. The zero-order valence-electron chi connectivity index (χ0n) is 17.2. The van der Waals surface area contributed by atoms with E-state index in [1.54, 1.807) is 48.5 Å². The van der Waals surface area contributed by atoms with Crippen molar-refractivity contribution in [3.05, 3.63) is 102 Å². The molecule has 0 saturated carbocycles. The van der Waals surface area contributed by atoms with E-state index in [1.807, 2.05) is 36.4 Å². The quantitative estimate of drug-likeness (QED) is 0.401. The van der Waals surface area contributed by atoms with E-state index in [0.717, 1.165) is 5.56 Å². The summed E-state index contributed by atoms with van der Waals surface area (Å²) < 4.78 is 4.94. The van der Waals surface area contributed by atoms with Gasteiger partial charge in [-0.15, -0.1) is 0 Å². The predicted molar refractivity (Wildman–Crippen MR) is 119 cm³/mol. The minimum atomic E-state index is -0.702. The number of hydrogen-bond acceptors (Lipinski definition) is 5. The van der Waals surface area contributed by atoms with Crippen molar-refractivity contribution < 1.29 is 23.9 Å². The molecule has 0 heterocycles. The largest absolute Gasteiger partial charge is 0.456 e. The number of esters is 1. The van der Waals surface area contributed by atoms with Crippen LogP contribution in [-0.2, 0) is 20.7 Å². The molecule has 0 fully saturated rings. The molecule has 3 rings (SSSR count). The number of ketones is 1. The number of Topliss-reactive ketones (excluding diaryl/α,β-unsaturated/α-hetero) is 1. The molecule has 0 aliphatic heterocycles. The maximum absolute atomic E-state index is 12.2. The van der Waals surface area contributed by atoms with Gasteiger partial charge in [0.25, 0.3) is 5.91 Å². The highest BCUT2D eigenvalue weighted by atomic mass is 16.5. The van der Waals surface area contributed by atoms with Crippen molar-refractivity contribution in [2.75, 3.05) is 18.5 Å². The second-order valence-corrected chi connectivity index (χ2v) is 6.92. The van der Waals surface area contributed by atoms with Gasteiger partial charge in [0.05, 0.1) is 6.42 Å². The molecule has 2 N–H and O–H groups in total. The third-order valence-electron chi connectivity index (χ3n) is 4.50. The first kappa shape index (κ1) is 22.4. The van der Waals surface area contributed by atoms with E-state index in [-0.39, 0.29) is 24.8 Å². The molecule has 0 aromatic heterocycles. The van der Waals surface area contributed by atoms with Crippen LogP contribution in [-0.4, -0.2) is 36.7 Å². The summed E-state index contributed by atoms with van der Waals surface area (Å²) >= 11 is 0. The number of amides is 2. The van der Waals surface area contributed by atoms with Gasteiger partial charge in [-0.3, -0.25) is 19.2 Å². The number of rotatable bonds is 9. The van der Waals surface area contributed by atoms with Crippen LogP contribution in [0.4, 0.5) is 5.69 Å². The van der Waals surface area contributed by atoms with Crippen LogP contribution in [0.25, 0.3) is 0 Å². The summed E-state index contributed by atoms with van der Waals surface area (Å²) in [5.74, 6) is -1.66.